The number of halogens is 1. The van der Waals surface area contributed by atoms with Gasteiger partial charge in [-0.15, -0.1) is 0 Å². The van der Waals surface area contributed by atoms with Crippen molar-refractivity contribution in [2.75, 3.05) is 0 Å². The summed E-state index contributed by atoms with van der Waals surface area (Å²) in [7, 11) is 0. The Morgan fingerprint density at radius 2 is 1.93 bits per heavy atom. The number of fused-ring (bicyclic) bond motifs is 1. The van der Waals surface area contributed by atoms with Crippen LogP contribution in [0.3, 0.4) is 0 Å². The van der Waals surface area contributed by atoms with Crippen LogP contribution in [0.5, 0.6) is 0 Å². The first-order chi connectivity index (χ1) is 13.0. The van der Waals surface area contributed by atoms with Crippen molar-refractivity contribution in [3.05, 3.63) is 82.5 Å². The van der Waals surface area contributed by atoms with Crippen LogP contribution in [0.2, 0.25) is 5.35 Å². The Labute approximate surface area is 161 Å². The molecule has 0 saturated heterocycles. The highest BCUT2D eigenvalue weighted by atomic mass is 35.5. The van der Waals surface area contributed by atoms with E-state index in [1.54, 1.807) is 18.2 Å². The highest BCUT2D eigenvalue weighted by Gasteiger charge is 2.13. The molecule has 2 heterocycles. The second kappa shape index (κ2) is 6.93. The van der Waals surface area contributed by atoms with Gasteiger partial charge in [-0.2, -0.15) is 4.98 Å². The molecule has 2 aromatic heterocycles. The molecule has 0 aliphatic carbocycles. The van der Waals surface area contributed by atoms with Crippen LogP contribution in [0, 0.1) is 13.8 Å². The average molecular weight is 380 g/mol. The summed E-state index contributed by atoms with van der Waals surface area (Å²) in [5.74, 6) is -0.166. The summed E-state index contributed by atoms with van der Waals surface area (Å²) >= 11 is 5.76. The Hall–Kier alpha value is -3.05. The fraction of sp³-hybridized carbons (Fsp3) is 0.143. The van der Waals surface area contributed by atoms with Crippen molar-refractivity contribution in [1.82, 2.24) is 14.9 Å². The van der Waals surface area contributed by atoms with E-state index in [2.05, 4.69) is 46.9 Å². The number of amides is 1. The van der Waals surface area contributed by atoms with Gasteiger partial charge < -0.3 is 14.3 Å². The molecule has 0 aliphatic rings. The van der Waals surface area contributed by atoms with Crippen LogP contribution in [-0.4, -0.2) is 15.5 Å². The van der Waals surface area contributed by atoms with Gasteiger partial charge in [-0.05, 0) is 67.4 Å². The maximum absolute atomic E-state index is 12.5. The molecule has 1 N–H and O–H groups in total. The predicted molar refractivity (Wildman–Crippen MR) is 105 cm³/mol. The van der Waals surface area contributed by atoms with Gasteiger partial charge in [0.05, 0.1) is 0 Å². The maximum Gasteiger partial charge on any atom is 0.293 e. The largest absolute Gasteiger partial charge is 0.428 e. The standard InChI is InChI=1S/C21H18ClN3O2/c1-13-10-16(14(2)25(13)17-6-4-3-5-7-17)12-23-20(26)15-8-9-19-18(11-15)24-21(22)27-19/h3-11H,12H2,1-2H3,(H,23,26). The third-order valence-electron chi connectivity index (χ3n) is 4.61. The summed E-state index contributed by atoms with van der Waals surface area (Å²) in [6.45, 7) is 4.57. The number of nitrogens with one attached hydrogen (secondary N) is 1. The lowest BCUT2D eigenvalue weighted by atomic mass is 10.2. The van der Waals surface area contributed by atoms with Crippen LogP contribution in [0.25, 0.3) is 16.8 Å². The molecule has 4 rings (SSSR count). The van der Waals surface area contributed by atoms with Crippen LogP contribution in [0.15, 0.2) is 59.0 Å². The molecule has 0 aliphatic heterocycles. The Morgan fingerprint density at radius 1 is 1.15 bits per heavy atom. The molecule has 0 spiro atoms. The van der Waals surface area contributed by atoms with E-state index in [0.717, 1.165) is 22.6 Å². The lowest BCUT2D eigenvalue weighted by molar-refractivity contribution is 0.0951. The lowest BCUT2D eigenvalue weighted by Gasteiger charge is -2.10. The fourth-order valence-electron chi connectivity index (χ4n) is 3.30. The number of aryl methyl sites for hydroxylation is 1. The van der Waals surface area contributed by atoms with Gasteiger partial charge in [0, 0.05) is 29.2 Å². The minimum absolute atomic E-state index is 0.0657. The third kappa shape index (κ3) is 3.34. The van der Waals surface area contributed by atoms with Gasteiger partial charge in [0.2, 0.25) is 0 Å². The first-order valence-electron chi connectivity index (χ1n) is 8.60. The molecule has 5 nitrogen and oxygen atoms in total. The summed E-state index contributed by atoms with van der Waals surface area (Å²) in [5, 5.41) is 3.04. The molecule has 0 atom stereocenters. The Bertz CT molecular complexity index is 1130. The first kappa shape index (κ1) is 17.4. The van der Waals surface area contributed by atoms with Crippen molar-refractivity contribution in [2.24, 2.45) is 0 Å². The van der Waals surface area contributed by atoms with Crippen LogP contribution < -0.4 is 5.32 Å². The van der Waals surface area contributed by atoms with Crippen LogP contribution in [-0.2, 0) is 6.54 Å². The SMILES string of the molecule is Cc1cc(CNC(=O)c2ccc3oc(Cl)nc3c2)c(C)n1-c1ccccc1. The van der Waals surface area contributed by atoms with E-state index in [4.69, 9.17) is 16.0 Å². The van der Waals surface area contributed by atoms with E-state index >= 15 is 0 Å². The fourth-order valence-corrected chi connectivity index (χ4v) is 3.47. The maximum atomic E-state index is 12.5. The molecule has 0 saturated carbocycles. The normalized spacial score (nSPS) is 11.1. The van der Waals surface area contributed by atoms with Crippen LogP contribution >= 0.6 is 11.6 Å². The molecular weight excluding hydrogens is 362 g/mol. The minimum Gasteiger partial charge on any atom is -0.428 e. The third-order valence-corrected chi connectivity index (χ3v) is 4.78. The zero-order valence-corrected chi connectivity index (χ0v) is 15.7. The Morgan fingerprint density at radius 3 is 2.70 bits per heavy atom. The second-order valence-electron chi connectivity index (χ2n) is 6.40. The van der Waals surface area contributed by atoms with Gasteiger partial charge in [-0.1, -0.05) is 18.2 Å². The van der Waals surface area contributed by atoms with E-state index < -0.39 is 0 Å². The van der Waals surface area contributed by atoms with E-state index in [-0.39, 0.29) is 11.3 Å². The number of carbonyl (C=O) groups excluding carboxylic acids is 1. The highest BCUT2D eigenvalue weighted by Crippen LogP contribution is 2.22. The predicted octanol–water partition coefficient (Wildman–Crippen LogP) is 4.82. The smallest absolute Gasteiger partial charge is 0.293 e. The average Bonchev–Trinajstić information content (AvgIpc) is 3.17. The number of carbonyl (C=O) groups is 1. The summed E-state index contributed by atoms with van der Waals surface area (Å²) in [4.78, 5) is 16.6. The molecule has 136 valence electrons. The zero-order chi connectivity index (χ0) is 19.0. The molecule has 2 aromatic carbocycles. The van der Waals surface area contributed by atoms with Gasteiger partial charge in [0.25, 0.3) is 11.3 Å². The number of para-hydroxylation sites is 1. The molecular formula is C21H18ClN3O2. The summed E-state index contributed by atoms with van der Waals surface area (Å²) < 4.78 is 7.41. The van der Waals surface area contributed by atoms with Crippen LogP contribution in [0.1, 0.15) is 27.3 Å². The van der Waals surface area contributed by atoms with Gasteiger partial charge in [0.15, 0.2) is 5.58 Å². The number of rotatable bonds is 4. The molecule has 1 amide bonds. The molecule has 27 heavy (non-hydrogen) atoms. The number of hydrogen-bond donors (Lipinski definition) is 1. The number of aromatic nitrogens is 2. The number of benzene rings is 2. The monoisotopic (exact) mass is 379 g/mol. The van der Waals surface area contributed by atoms with Crippen molar-refractivity contribution in [3.8, 4) is 5.69 Å². The van der Waals surface area contributed by atoms with E-state index in [1.165, 1.54) is 0 Å². The Kier molecular flexibility index (Phi) is 4.46. The van der Waals surface area contributed by atoms with E-state index in [0.29, 0.717) is 23.2 Å². The van der Waals surface area contributed by atoms with E-state index in [9.17, 15) is 4.79 Å². The Balaban J connectivity index is 1.53. The van der Waals surface area contributed by atoms with Crippen molar-refractivity contribution < 1.29 is 9.21 Å². The second-order valence-corrected chi connectivity index (χ2v) is 6.72. The van der Waals surface area contributed by atoms with E-state index in [1.807, 2.05) is 18.2 Å². The minimum atomic E-state index is -0.166. The van der Waals surface area contributed by atoms with Gasteiger partial charge >= 0.3 is 0 Å². The van der Waals surface area contributed by atoms with Gasteiger partial charge in [-0.25, -0.2) is 0 Å². The van der Waals surface area contributed by atoms with Crippen molar-refractivity contribution in [1.29, 1.82) is 0 Å². The quantitative estimate of drug-likeness (QED) is 0.553. The molecule has 0 bridgehead atoms. The summed E-state index contributed by atoms with van der Waals surface area (Å²) in [5.41, 5.74) is 6.07. The number of nitrogens with zero attached hydrogens (tertiary/aromatic N) is 2. The topological polar surface area (TPSA) is 60.1 Å². The number of oxazole rings is 1. The first-order valence-corrected chi connectivity index (χ1v) is 8.98. The van der Waals surface area contributed by atoms with Crippen molar-refractivity contribution >= 4 is 28.6 Å². The highest BCUT2D eigenvalue weighted by molar-refractivity contribution is 6.28. The zero-order valence-electron chi connectivity index (χ0n) is 15.0. The molecule has 6 heteroatoms. The molecule has 0 radical (unpaired) electrons. The lowest BCUT2D eigenvalue weighted by Crippen LogP contribution is -2.23. The summed E-state index contributed by atoms with van der Waals surface area (Å²) in [6.07, 6.45) is 0. The van der Waals surface area contributed by atoms with Crippen molar-refractivity contribution in [3.63, 3.8) is 0 Å². The number of hydrogen-bond acceptors (Lipinski definition) is 3. The van der Waals surface area contributed by atoms with Crippen LogP contribution in [0.4, 0.5) is 0 Å². The molecule has 4 aromatic rings. The van der Waals surface area contributed by atoms with Gasteiger partial charge in [0.1, 0.15) is 5.52 Å². The molecule has 0 fully saturated rings. The van der Waals surface area contributed by atoms with Crippen molar-refractivity contribution in [2.45, 2.75) is 20.4 Å². The molecule has 0 unspecified atom stereocenters. The van der Waals surface area contributed by atoms with Gasteiger partial charge in [-0.3, -0.25) is 4.79 Å². The summed E-state index contributed by atoms with van der Waals surface area (Å²) in [6, 6.07) is 17.3.